The van der Waals surface area contributed by atoms with Gasteiger partial charge in [-0.1, -0.05) is 114 Å². The number of nitrogens with zero attached hydrogens (tertiary/aromatic N) is 1. The van der Waals surface area contributed by atoms with Gasteiger partial charge in [-0.2, -0.15) is 0 Å². The molecule has 1 unspecified atom stereocenters. The number of hydrogen-bond donors (Lipinski definition) is 3. The monoisotopic (exact) mass is 695 g/mol. The Morgan fingerprint density at radius 3 is 2.10 bits per heavy atom. The van der Waals surface area contributed by atoms with Crippen molar-refractivity contribution in [2.24, 2.45) is 17.6 Å². The molecule has 0 bridgehead atoms. The van der Waals surface area contributed by atoms with Gasteiger partial charge < -0.3 is 21.3 Å². The fourth-order valence-electron chi connectivity index (χ4n) is 7.69. The Hall–Kier alpha value is -3.23. The van der Waals surface area contributed by atoms with Crippen molar-refractivity contribution in [3.63, 3.8) is 0 Å². The Morgan fingerprint density at radius 1 is 0.820 bits per heavy atom. The molecule has 2 aliphatic rings. The van der Waals surface area contributed by atoms with Gasteiger partial charge in [-0.3, -0.25) is 24.0 Å². The lowest BCUT2D eigenvalue weighted by Gasteiger charge is -2.36. The molecule has 9 nitrogen and oxygen atoms in total. The Morgan fingerprint density at radius 2 is 1.46 bits per heavy atom. The molecule has 3 rings (SSSR count). The van der Waals surface area contributed by atoms with Gasteiger partial charge in [-0.15, -0.1) is 0 Å². The summed E-state index contributed by atoms with van der Waals surface area (Å²) in [5, 5.41) is 6.09. The second kappa shape index (κ2) is 22.6. The number of amides is 4. The van der Waals surface area contributed by atoms with E-state index >= 15 is 0 Å². The third kappa shape index (κ3) is 13.8. The molecule has 4 N–H and O–H groups in total. The van der Waals surface area contributed by atoms with E-state index in [1.165, 1.54) is 50.5 Å². The first kappa shape index (κ1) is 41.2. The predicted octanol–water partition coefficient (Wildman–Crippen LogP) is 6.86. The van der Waals surface area contributed by atoms with Crippen LogP contribution in [0.5, 0.6) is 0 Å². The number of carbonyl (C=O) groups is 5. The molecule has 1 aromatic carbocycles. The molecule has 0 aliphatic carbocycles. The first-order valence-corrected chi connectivity index (χ1v) is 19.9. The second-order valence-corrected chi connectivity index (χ2v) is 15.0. The molecule has 2 saturated heterocycles. The van der Waals surface area contributed by atoms with E-state index < -0.39 is 23.9 Å². The van der Waals surface area contributed by atoms with Gasteiger partial charge in [-0.25, -0.2) is 0 Å². The van der Waals surface area contributed by atoms with Crippen molar-refractivity contribution in [2.75, 3.05) is 6.54 Å². The summed E-state index contributed by atoms with van der Waals surface area (Å²) in [6, 6.07) is 6.82. The van der Waals surface area contributed by atoms with Crippen molar-refractivity contribution in [3.05, 3.63) is 35.4 Å². The minimum atomic E-state index is -0.680. The summed E-state index contributed by atoms with van der Waals surface area (Å²) >= 11 is 0. The quantitative estimate of drug-likeness (QED) is 0.108. The smallest absolute Gasteiger partial charge is 0.246 e. The normalized spacial score (nSPS) is 20.3. The molecule has 0 radical (unpaired) electrons. The number of carbonyl (C=O) groups excluding carboxylic acids is 5. The molecule has 9 heteroatoms. The fraction of sp³-hybridized carbons (Fsp3) is 0.732. The topological polar surface area (TPSA) is 139 Å². The van der Waals surface area contributed by atoms with Crippen LogP contribution >= 0.6 is 0 Å². The maximum Gasteiger partial charge on any atom is 0.246 e. The number of nitrogens with one attached hydrogen (secondary N) is 2. The first-order valence-electron chi connectivity index (χ1n) is 19.9. The summed E-state index contributed by atoms with van der Waals surface area (Å²) in [7, 11) is 0. The van der Waals surface area contributed by atoms with E-state index in [0.717, 1.165) is 50.5 Å². The van der Waals surface area contributed by atoms with E-state index in [-0.39, 0.29) is 54.7 Å². The second-order valence-electron chi connectivity index (χ2n) is 15.0. The Balaban J connectivity index is 1.57. The number of rotatable bonds is 23. The number of benzene rings is 1. The largest absolute Gasteiger partial charge is 0.370 e. The van der Waals surface area contributed by atoms with Crippen molar-refractivity contribution in [2.45, 2.75) is 174 Å². The Bertz CT molecular complexity index is 1220. The number of primary amides is 1. The maximum atomic E-state index is 14.1. The molecule has 0 aromatic heterocycles. The number of aryl methyl sites for hydroxylation is 1. The molecule has 50 heavy (non-hydrogen) atoms. The lowest BCUT2D eigenvalue weighted by atomic mass is 9.92. The van der Waals surface area contributed by atoms with Crippen LogP contribution in [0.15, 0.2) is 24.3 Å². The maximum absolute atomic E-state index is 14.1. The molecule has 0 spiro atoms. The van der Waals surface area contributed by atoms with Crippen molar-refractivity contribution in [1.29, 1.82) is 0 Å². The Kier molecular flexibility index (Phi) is 18.6. The van der Waals surface area contributed by atoms with Crippen LogP contribution in [0.4, 0.5) is 0 Å². The highest BCUT2D eigenvalue weighted by atomic mass is 16.2. The van der Waals surface area contributed by atoms with Crippen LogP contribution in [0, 0.1) is 18.8 Å². The van der Waals surface area contributed by atoms with Gasteiger partial charge in [0.2, 0.25) is 23.6 Å². The minimum absolute atomic E-state index is 0.0227. The van der Waals surface area contributed by atoms with Crippen molar-refractivity contribution in [1.82, 2.24) is 15.5 Å². The number of nitrogens with two attached hydrogens (primary N) is 1. The third-order valence-electron chi connectivity index (χ3n) is 10.9. The summed E-state index contributed by atoms with van der Waals surface area (Å²) in [5.41, 5.74) is 7.69. The highest BCUT2D eigenvalue weighted by Gasteiger charge is 2.44. The van der Waals surface area contributed by atoms with E-state index in [1.54, 1.807) is 4.90 Å². The van der Waals surface area contributed by atoms with Gasteiger partial charge in [-0.05, 0) is 63.9 Å². The number of unbranched alkanes of at least 4 members (excludes halogenated alkanes) is 9. The van der Waals surface area contributed by atoms with Gasteiger partial charge >= 0.3 is 0 Å². The van der Waals surface area contributed by atoms with Gasteiger partial charge in [0.05, 0.1) is 6.04 Å². The molecule has 280 valence electrons. The van der Waals surface area contributed by atoms with Crippen LogP contribution in [0.1, 0.15) is 153 Å². The van der Waals surface area contributed by atoms with Crippen LogP contribution in [0.2, 0.25) is 0 Å². The fourth-order valence-corrected chi connectivity index (χ4v) is 7.69. The van der Waals surface area contributed by atoms with Crippen LogP contribution in [-0.2, 0) is 30.4 Å². The zero-order chi connectivity index (χ0) is 36.3. The lowest BCUT2D eigenvalue weighted by molar-refractivity contribution is -0.144. The molecule has 5 atom stereocenters. The molecule has 2 fully saturated rings. The third-order valence-corrected chi connectivity index (χ3v) is 10.9. The van der Waals surface area contributed by atoms with E-state index in [2.05, 4.69) is 17.6 Å². The molecule has 1 aromatic rings. The van der Waals surface area contributed by atoms with Crippen molar-refractivity contribution < 1.29 is 24.0 Å². The zero-order valence-electron chi connectivity index (χ0n) is 31.3. The zero-order valence-corrected chi connectivity index (χ0v) is 31.3. The summed E-state index contributed by atoms with van der Waals surface area (Å²) < 4.78 is 0. The van der Waals surface area contributed by atoms with Crippen LogP contribution in [0.25, 0.3) is 0 Å². The molecular weight excluding hydrogens is 628 g/mol. The van der Waals surface area contributed by atoms with Gasteiger partial charge in [0.25, 0.3) is 0 Å². The number of Topliss-reactive ketones (excluding diaryl/α,β-unsaturated/α-hetero) is 1. The number of hydrogen-bond acceptors (Lipinski definition) is 5. The lowest BCUT2D eigenvalue weighted by Crippen LogP contribution is -2.55. The summed E-state index contributed by atoms with van der Waals surface area (Å²) in [6.07, 6.45) is 17.9. The molecule has 4 amide bonds. The van der Waals surface area contributed by atoms with Gasteiger partial charge in [0.15, 0.2) is 5.78 Å². The van der Waals surface area contributed by atoms with Crippen LogP contribution in [-0.4, -0.2) is 59.0 Å². The van der Waals surface area contributed by atoms with E-state index in [9.17, 15) is 24.0 Å². The first-order chi connectivity index (χ1) is 24.1. The number of fused-ring (bicyclic) bond motifs is 1. The highest BCUT2D eigenvalue weighted by molar-refractivity contribution is 5.95. The molecular formula is C41H66N4O5. The minimum Gasteiger partial charge on any atom is -0.370 e. The SMILES string of the molecule is CCCCCCCCCCCCNC(=O)[C@H](CCC(N)=O)CC(=O)[C@@H]1CC[C@@H]2CCCCC(NC(=O)[C@@H](CC)Cc3ccc(C)cc3)C(=O)N21. The van der Waals surface area contributed by atoms with Crippen molar-refractivity contribution >= 4 is 29.4 Å². The predicted molar refractivity (Wildman–Crippen MR) is 199 cm³/mol. The van der Waals surface area contributed by atoms with Crippen molar-refractivity contribution in [3.8, 4) is 0 Å². The summed E-state index contributed by atoms with van der Waals surface area (Å²) in [6.45, 7) is 6.80. The molecule has 2 aliphatic heterocycles. The highest BCUT2D eigenvalue weighted by Crippen LogP contribution is 2.33. The average Bonchev–Trinajstić information content (AvgIpc) is 3.52. The summed E-state index contributed by atoms with van der Waals surface area (Å²) in [4.78, 5) is 68.2. The number of ketones is 1. The van der Waals surface area contributed by atoms with E-state index in [4.69, 9.17) is 5.73 Å². The molecule has 0 saturated carbocycles. The van der Waals surface area contributed by atoms with Crippen LogP contribution in [0.3, 0.4) is 0 Å². The van der Waals surface area contributed by atoms with Gasteiger partial charge in [0.1, 0.15) is 6.04 Å². The van der Waals surface area contributed by atoms with Crippen LogP contribution < -0.4 is 16.4 Å². The van der Waals surface area contributed by atoms with E-state index in [1.807, 2.05) is 38.1 Å². The average molecular weight is 695 g/mol. The van der Waals surface area contributed by atoms with Gasteiger partial charge in [0, 0.05) is 37.3 Å². The Labute approximate surface area is 301 Å². The standard InChI is InChI=1S/C41H66N4O5/c1-4-6-7-8-9-10-11-12-13-16-27-43-39(48)33(23-26-38(42)47)29-37(46)36-25-24-34-17-14-15-18-35(41(50)45(34)36)44-40(49)32(5-2)28-31-21-19-30(3)20-22-31/h19-22,32-36H,4-18,23-29H2,1-3H3,(H2,42,47)(H,43,48)(H,44,49)/t32-,33+,34-,35?,36-/m0/s1. The van der Waals surface area contributed by atoms with E-state index in [0.29, 0.717) is 32.2 Å². The molecule has 2 heterocycles. The summed E-state index contributed by atoms with van der Waals surface area (Å²) in [5.74, 6) is -2.14.